The zero-order valence-corrected chi connectivity index (χ0v) is 13.0. The molecule has 0 aromatic carbocycles. The van der Waals surface area contributed by atoms with Crippen LogP contribution in [-0.2, 0) is 11.3 Å². The minimum atomic E-state index is -0.205. The number of methoxy groups -OCH3 is 1. The van der Waals surface area contributed by atoms with E-state index in [0.717, 1.165) is 26.2 Å². The van der Waals surface area contributed by atoms with Gasteiger partial charge < -0.3 is 4.74 Å². The molecule has 1 aliphatic heterocycles. The summed E-state index contributed by atoms with van der Waals surface area (Å²) in [6.07, 6.45) is 2.38. The van der Waals surface area contributed by atoms with Crippen LogP contribution in [0.1, 0.15) is 33.0 Å². The molecule has 0 aliphatic carbocycles. The second-order valence-corrected chi connectivity index (χ2v) is 6.60. The van der Waals surface area contributed by atoms with E-state index in [-0.39, 0.29) is 5.91 Å². The molecule has 6 heteroatoms. The summed E-state index contributed by atoms with van der Waals surface area (Å²) in [6.45, 7) is 6.04. The Morgan fingerprint density at radius 2 is 2.25 bits per heavy atom. The zero-order chi connectivity index (χ0) is 14.5. The topological polar surface area (TPSA) is 67.6 Å². The normalized spacial score (nSPS) is 17.4. The lowest BCUT2D eigenvalue weighted by molar-refractivity contribution is 0.0954. The van der Waals surface area contributed by atoms with Crippen LogP contribution >= 0.6 is 11.3 Å². The van der Waals surface area contributed by atoms with E-state index in [1.807, 2.05) is 6.07 Å². The first-order chi connectivity index (χ1) is 9.63. The number of carbonyl (C=O) groups is 1. The Bertz CT molecular complexity index is 453. The summed E-state index contributed by atoms with van der Waals surface area (Å²) in [5.74, 6) is 5.66. The molecule has 2 heterocycles. The average molecular weight is 297 g/mol. The number of nitrogen functional groups attached to an aromatic ring is 1. The highest BCUT2D eigenvalue weighted by molar-refractivity contribution is 7.14. The van der Waals surface area contributed by atoms with Crippen LogP contribution in [0.5, 0.6) is 0 Å². The van der Waals surface area contributed by atoms with Gasteiger partial charge in [-0.15, -0.1) is 11.3 Å². The molecule has 1 saturated heterocycles. The SMILES string of the molecule is COCC1CCN(Cc2cc(C(=O)NN)sc2C)CC1. The summed E-state index contributed by atoms with van der Waals surface area (Å²) in [5.41, 5.74) is 3.42. The lowest BCUT2D eigenvalue weighted by Crippen LogP contribution is -2.34. The Morgan fingerprint density at radius 1 is 1.55 bits per heavy atom. The van der Waals surface area contributed by atoms with Crippen molar-refractivity contribution >= 4 is 17.2 Å². The van der Waals surface area contributed by atoms with E-state index in [2.05, 4.69) is 17.2 Å². The van der Waals surface area contributed by atoms with E-state index < -0.39 is 0 Å². The number of amides is 1. The number of nitrogens with zero attached hydrogens (tertiary/aromatic N) is 1. The van der Waals surface area contributed by atoms with Crippen LogP contribution in [-0.4, -0.2) is 37.6 Å². The Balaban J connectivity index is 1.91. The number of hydrogen-bond acceptors (Lipinski definition) is 5. The number of rotatable bonds is 5. The van der Waals surface area contributed by atoms with Crippen LogP contribution in [0.25, 0.3) is 0 Å². The maximum Gasteiger partial charge on any atom is 0.275 e. The minimum Gasteiger partial charge on any atom is -0.384 e. The van der Waals surface area contributed by atoms with Crippen molar-refractivity contribution in [3.8, 4) is 0 Å². The molecule has 0 spiro atoms. The van der Waals surface area contributed by atoms with Crippen LogP contribution in [0, 0.1) is 12.8 Å². The van der Waals surface area contributed by atoms with Crippen LogP contribution < -0.4 is 11.3 Å². The number of ether oxygens (including phenoxy) is 1. The second-order valence-electron chi connectivity index (χ2n) is 5.34. The van der Waals surface area contributed by atoms with Crippen molar-refractivity contribution < 1.29 is 9.53 Å². The third-order valence-corrected chi connectivity index (χ3v) is 4.97. The molecule has 3 N–H and O–H groups in total. The molecule has 5 nitrogen and oxygen atoms in total. The van der Waals surface area contributed by atoms with Gasteiger partial charge in [0.25, 0.3) is 5.91 Å². The summed E-state index contributed by atoms with van der Waals surface area (Å²) < 4.78 is 5.22. The standard InChI is InChI=1S/C14H23N3O2S/c1-10-12(7-13(20-10)14(18)16-15)8-17-5-3-11(4-6-17)9-19-2/h7,11H,3-6,8-9,15H2,1-2H3,(H,16,18). The zero-order valence-electron chi connectivity index (χ0n) is 12.1. The second kappa shape index (κ2) is 7.17. The van der Waals surface area contributed by atoms with Crippen molar-refractivity contribution in [3.63, 3.8) is 0 Å². The van der Waals surface area contributed by atoms with Gasteiger partial charge in [0, 0.05) is 25.1 Å². The van der Waals surface area contributed by atoms with Crippen molar-refractivity contribution in [3.05, 3.63) is 21.4 Å². The largest absolute Gasteiger partial charge is 0.384 e. The Hall–Kier alpha value is -0.950. The molecule has 1 aromatic rings. The number of nitrogens with two attached hydrogens (primary N) is 1. The molecular formula is C14H23N3O2S. The molecule has 0 radical (unpaired) electrons. The van der Waals surface area contributed by atoms with Crippen molar-refractivity contribution in [2.45, 2.75) is 26.3 Å². The third-order valence-electron chi connectivity index (χ3n) is 3.88. The monoisotopic (exact) mass is 297 g/mol. The van der Waals surface area contributed by atoms with E-state index >= 15 is 0 Å². The maximum absolute atomic E-state index is 11.5. The summed E-state index contributed by atoms with van der Waals surface area (Å²) in [6, 6.07) is 1.96. The first-order valence-electron chi connectivity index (χ1n) is 6.95. The molecule has 112 valence electrons. The molecule has 1 amide bonds. The van der Waals surface area contributed by atoms with E-state index in [4.69, 9.17) is 10.6 Å². The van der Waals surface area contributed by atoms with Crippen LogP contribution in [0.3, 0.4) is 0 Å². The molecule has 20 heavy (non-hydrogen) atoms. The van der Waals surface area contributed by atoms with Crippen LogP contribution in [0.2, 0.25) is 0 Å². The molecule has 0 saturated carbocycles. The summed E-state index contributed by atoms with van der Waals surface area (Å²) in [4.78, 5) is 15.9. The summed E-state index contributed by atoms with van der Waals surface area (Å²) in [7, 11) is 1.77. The predicted molar refractivity (Wildman–Crippen MR) is 80.6 cm³/mol. The number of aryl methyl sites for hydroxylation is 1. The minimum absolute atomic E-state index is 0.205. The van der Waals surface area contributed by atoms with Gasteiger partial charge in [-0.1, -0.05) is 0 Å². The third kappa shape index (κ3) is 3.79. The molecule has 0 unspecified atom stereocenters. The predicted octanol–water partition coefficient (Wildman–Crippen LogP) is 1.52. The number of carbonyl (C=O) groups excluding carboxylic acids is 1. The van der Waals surface area contributed by atoms with Gasteiger partial charge in [0.2, 0.25) is 0 Å². The highest BCUT2D eigenvalue weighted by Gasteiger charge is 2.20. The molecule has 1 aliphatic rings. The molecule has 2 rings (SSSR count). The maximum atomic E-state index is 11.5. The van der Waals surface area contributed by atoms with Crippen LogP contribution in [0.4, 0.5) is 0 Å². The fourth-order valence-electron chi connectivity index (χ4n) is 2.65. The van der Waals surface area contributed by atoms with E-state index in [0.29, 0.717) is 10.8 Å². The quantitative estimate of drug-likeness (QED) is 0.491. The highest BCUT2D eigenvalue weighted by atomic mass is 32.1. The Labute approximate surface area is 124 Å². The fraction of sp³-hybridized carbons (Fsp3) is 0.643. The van der Waals surface area contributed by atoms with Crippen molar-refractivity contribution in [2.75, 3.05) is 26.8 Å². The Kier molecular flexibility index (Phi) is 5.54. The fourth-order valence-corrected chi connectivity index (χ4v) is 3.58. The number of hydrazine groups is 1. The molecule has 1 aromatic heterocycles. The number of thiophene rings is 1. The van der Waals surface area contributed by atoms with E-state index in [1.165, 1.54) is 34.6 Å². The number of likely N-dealkylation sites (tertiary alicyclic amines) is 1. The number of hydrogen-bond donors (Lipinski definition) is 2. The summed E-state index contributed by atoms with van der Waals surface area (Å²) in [5, 5.41) is 0. The molecule has 0 bridgehead atoms. The van der Waals surface area contributed by atoms with Gasteiger partial charge in [-0.05, 0) is 50.4 Å². The first kappa shape index (κ1) is 15.4. The van der Waals surface area contributed by atoms with Gasteiger partial charge >= 0.3 is 0 Å². The lowest BCUT2D eigenvalue weighted by Gasteiger charge is -2.31. The molecular weight excluding hydrogens is 274 g/mol. The molecule has 0 atom stereocenters. The van der Waals surface area contributed by atoms with Gasteiger partial charge in [0.15, 0.2) is 0 Å². The van der Waals surface area contributed by atoms with E-state index in [1.54, 1.807) is 7.11 Å². The molecule has 1 fully saturated rings. The van der Waals surface area contributed by atoms with Gasteiger partial charge in [-0.2, -0.15) is 0 Å². The summed E-state index contributed by atoms with van der Waals surface area (Å²) >= 11 is 1.51. The highest BCUT2D eigenvalue weighted by Crippen LogP contribution is 2.25. The van der Waals surface area contributed by atoms with Crippen molar-refractivity contribution in [2.24, 2.45) is 11.8 Å². The first-order valence-corrected chi connectivity index (χ1v) is 7.77. The lowest BCUT2D eigenvalue weighted by atomic mass is 9.97. The smallest absolute Gasteiger partial charge is 0.275 e. The number of nitrogens with one attached hydrogen (secondary N) is 1. The average Bonchev–Trinajstić information content (AvgIpc) is 2.82. The van der Waals surface area contributed by atoms with Gasteiger partial charge in [-0.3, -0.25) is 15.1 Å². The van der Waals surface area contributed by atoms with E-state index in [9.17, 15) is 4.79 Å². The van der Waals surface area contributed by atoms with Crippen molar-refractivity contribution in [1.82, 2.24) is 10.3 Å². The van der Waals surface area contributed by atoms with Gasteiger partial charge in [-0.25, -0.2) is 5.84 Å². The number of piperidine rings is 1. The Morgan fingerprint density at radius 3 is 2.85 bits per heavy atom. The van der Waals surface area contributed by atoms with Gasteiger partial charge in [0.05, 0.1) is 4.88 Å². The van der Waals surface area contributed by atoms with Crippen molar-refractivity contribution in [1.29, 1.82) is 0 Å². The van der Waals surface area contributed by atoms with Crippen LogP contribution in [0.15, 0.2) is 6.07 Å². The van der Waals surface area contributed by atoms with Gasteiger partial charge in [0.1, 0.15) is 0 Å².